The van der Waals surface area contributed by atoms with E-state index in [2.05, 4.69) is 15.3 Å². The molecule has 1 aromatic carbocycles. The topological polar surface area (TPSA) is 64.1 Å². The van der Waals surface area contributed by atoms with E-state index in [1.54, 1.807) is 18.3 Å². The molecule has 5 nitrogen and oxygen atoms in total. The third kappa shape index (κ3) is 3.73. The molecule has 0 fully saturated rings. The Morgan fingerprint density at radius 3 is 2.78 bits per heavy atom. The van der Waals surface area contributed by atoms with Crippen LogP contribution in [0.5, 0.6) is 5.75 Å². The monoisotopic (exact) mass is 325 g/mol. The van der Waals surface area contributed by atoms with E-state index in [1.165, 1.54) is 17.5 Å². The summed E-state index contributed by atoms with van der Waals surface area (Å²) in [5.41, 5.74) is 2.30. The summed E-state index contributed by atoms with van der Waals surface area (Å²) in [6.07, 6.45) is 3.15. The molecule has 0 radical (unpaired) electrons. The molecule has 6 heteroatoms. The molecule has 0 aliphatic carbocycles. The third-order valence-electron chi connectivity index (χ3n) is 3.11. The van der Waals surface area contributed by atoms with Crippen LogP contribution in [0.25, 0.3) is 11.3 Å². The van der Waals surface area contributed by atoms with E-state index >= 15 is 0 Å². The summed E-state index contributed by atoms with van der Waals surface area (Å²) in [6.45, 7) is 2.59. The molecule has 0 bridgehead atoms. The van der Waals surface area contributed by atoms with Crippen LogP contribution in [-0.4, -0.2) is 22.5 Å². The van der Waals surface area contributed by atoms with E-state index in [-0.39, 0.29) is 5.91 Å². The Hall–Kier alpha value is -2.73. The number of carbonyl (C=O) groups is 1. The number of anilines is 1. The number of aromatic nitrogens is 2. The number of hydrogen-bond acceptors (Lipinski definition) is 5. The summed E-state index contributed by atoms with van der Waals surface area (Å²) < 4.78 is 5.42. The molecule has 1 amide bonds. The highest BCUT2D eigenvalue weighted by atomic mass is 32.1. The molecule has 0 spiro atoms. The highest BCUT2D eigenvalue weighted by Gasteiger charge is 2.10. The number of hydrogen-bond donors (Lipinski definition) is 1. The Kier molecular flexibility index (Phi) is 4.63. The van der Waals surface area contributed by atoms with E-state index < -0.39 is 0 Å². The SMILES string of the molecule is CCOc1ccc(-c2csc(NC(=O)c3cccnc3)n2)cc1. The Morgan fingerprint density at radius 2 is 2.09 bits per heavy atom. The highest BCUT2D eigenvalue weighted by Crippen LogP contribution is 2.26. The molecule has 2 heterocycles. The number of pyridine rings is 1. The zero-order valence-electron chi connectivity index (χ0n) is 12.5. The van der Waals surface area contributed by atoms with Gasteiger partial charge in [-0.2, -0.15) is 0 Å². The molecule has 0 aliphatic rings. The molecule has 0 aliphatic heterocycles. The lowest BCUT2D eigenvalue weighted by Gasteiger charge is -2.03. The molecule has 0 saturated heterocycles. The van der Waals surface area contributed by atoms with Gasteiger partial charge < -0.3 is 4.74 Å². The average molecular weight is 325 g/mol. The lowest BCUT2D eigenvalue weighted by Crippen LogP contribution is -2.11. The number of nitrogens with zero attached hydrogens (tertiary/aromatic N) is 2. The Bertz CT molecular complexity index is 785. The van der Waals surface area contributed by atoms with E-state index in [4.69, 9.17) is 4.74 Å². The minimum absolute atomic E-state index is 0.217. The Labute approximate surface area is 138 Å². The fourth-order valence-corrected chi connectivity index (χ4v) is 2.73. The predicted octanol–water partition coefficient (Wildman–Crippen LogP) is 3.86. The Morgan fingerprint density at radius 1 is 1.26 bits per heavy atom. The maximum absolute atomic E-state index is 12.1. The second-order valence-corrected chi connectivity index (χ2v) is 5.55. The molecule has 0 unspecified atom stereocenters. The van der Waals surface area contributed by atoms with Gasteiger partial charge in [-0.15, -0.1) is 11.3 Å². The van der Waals surface area contributed by atoms with Crippen molar-refractivity contribution in [1.82, 2.24) is 9.97 Å². The number of amides is 1. The van der Waals surface area contributed by atoms with Crippen molar-refractivity contribution in [2.75, 3.05) is 11.9 Å². The van der Waals surface area contributed by atoms with Crippen LogP contribution in [0, 0.1) is 0 Å². The quantitative estimate of drug-likeness (QED) is 0.774. The van der Waals surface area contributed by atoms with Gasteiger partial charge >= 0.3 is 0 Å². The van der Waals surface area contributed by atoms with Crippen LogP contribution in [-0.2, 0) is 0 Å². The lowest BCUT2D eigenvalue weighted by atomic mass is 10.2. The first kappa shape index (κ1) is 15.2. The molecule has 2 aromatic heterocycles. The smallest absolute Gasteiger partial charge is 0.259 e. The van der Waals surface area contributed by atoms with Crippen molar-refractivity contribution in [2.45, 2.75) is 6.92 Å². The first-order valence-electron chi connectivity index (χ1n) is 7.16. The average Bonchev–Trinajstić information content (AvgIpc) is 3.05. The minimum Gasteiger partial charge on any atom is -0.494 e. The van der Waals surface area contributed by atoms with Crippen LogP contribution in [0.3, 0.4) is 0 Å². The number of rotatable bonds is 5. The van der Waals surface area contributed by atoms with Crippen molar-refractivity contribution in [1.29, 1.82) is 0 Å². The van der Waals surface area contributed by atoms with Crippen LogP contribution >= 0.6 is 11.3 Å². The molecule has 1 N–H and O–H groups in total. The second kappa shape index (κ2) is 7.02. The van der Waals surface area contributed by atoms with Crippen molar-refractivity contribution in [3.63, 3.8) is 0 Å². The molecule has 3 rings (SSSR count). The van der Waals surface area contributed by atoms with Crippen molar-refractivity contribution in [3.8, 4) is 17.0 Å². The van der Waals surface area contributed by atoms with Crippen molar-refractivity contribution in [2.24, 2.45) is 0 Å². The lowest BCUT2D eigenvalue weighted by molar-refractivity contribution is 0.102. The first-order chi connectivity index (χ1) is 11.3. The molecule has 23 heavy (non-hydrogen) atoms. The number of carbonyl (C=O) groups excluding carboxylic acids is 1. The van der Waals surface area contributed by atoms with Crippen LogP contribution < -0.4 is 10.1 Å². The summed E-state index contributed by atoms with van der Waals surface area (Å²) in [5, 5.41) is 5.25. The summed E-state index contributed by atoms with van der Waals surface area (Å²) in [6, 6.07) is 11.2. The van der Waals surface area contributed by atoms with Crippen LogP contribution in [0.4, 0.5) is 5.13 Å². The summed E-state index contributed by atoms with van der Waals surface area (Å²) in [7, 11) is 0. The number of ether oxygens (including phenoxy) is 1. The van der Waals surface area contributed by atoms with Crippen molar-refractivity contribution in [3.05, 3.63) is 59.7 Å². The van der Waals surface area contributed by atoms with Gasteiger partial charge in [0, 0.05) is 23.3 Å². The largest absolute Gasteiger partial charge is 0.494 e. The molecule has 0 saturated carbocycles. The summed E-state index contributed by atoms with van der Waals surface area (Å²) in [4.78, 5) is 20.5. The van der Waals surface area contributed by atoms with Crippen molar-refractivity contribution >= 4 is 22.4 Å². The summed E-state index contributed by atoms with van der Waals surface area (Å²) >= 11 is 1.39. The van der Waals surface area contributed by atoms with Crippen LogP contribution in [0.2, 0.25) is 0 Å². The van der Waals surface area contributed by atoms with E-state index in [0.717, 1.165) is 17.0 Å². The van der Waals surface area contributed by atoms with E-state index in [9.17, 15) is 4.79 Å². The normalized spacial score (nSPS) is 10.3. The van der Waals surface area contributed by atoms with Gasteiger partial charge in [-0.3, -0.25) is 15.1 Å². The zero-order valence-corrected chi connectivity index (χ0v) is 13.3. The minimum atomic E-state index is -0.217. The number of thiazole rings is 1. The van der Waals surface area contributed by atoms with Gasteiger partial charge in [0.15, 0.2) is 5.13 Å². The predicted molar refractivity (Wildman–Crippen MR) is 90.9 cm³/mol. The fourth-order valence-electron chi connectivity index (χ4n) is 2.02. The van der Waals surface area contributed by atoms with Gasteiger partial charge in [0.2, 0.25) is 0 Å². The molecular formula is C17H15N3O2S. The number of nitrogens with one attached hydrogen (secondary N) is 1. The van der Waals surface area contributed by atoms with E-state index in [1.807, 2.05) is 36.6 Å². The van der Waals surface area contributed by atoms with Gasteiger partial charge in [0.05, 0.1) is 17.9 Å². The van der Waals surface area contributed by atoms with Gasteiger partial charge in [0.1, 0.15) is 5.75 Å². The van der Waals surface area contributed by atoms with E-state index in [0.29, 0.717) is 17.3 Å². The van der Waals surface area contributed by atoms with Gasteiger partial charge in [0.25, 0.3) is 5.91 Å². The Balaban J connectivity index is 1.71. The first-order valence-corrected chi connectivity index (χ1v) is 8.04. The van der Waals surface area contributed by atoms with Gasteiger partial charge in [-0.1, -0.05) is 0 Å². The zero-order chi connectivity index (χ0) is 16.1. The van der Waals surface area contributed by atoms with Crippen molar-refractivity contribution < 1.29 is 9.53 Å². The maximum Gasteiger partial charge on any atom is 0.259 e. The van der Waals surface area contributed by atoms with Crippen LogP contribution in [0.15, 0.2) is 54.2 Å². The second-order valence-electron chi connectivity index (χ2n) is 4.69. The third-order valence-corrected chi connectivity index (χ3v) is 3.87. The fraction of sp³-hybridized carbons (Fsp3) is 0.118. The molecule has 0 atom stereocenters. The maximum atomic E-state index is 12.1. The molecule has 3 aromatic rings. The number of benzene rings is 1. The standard InChI is InChI=1S/C17H15N3O2S/c1-2-22-14-7-5-12(6-8-14)15-11-23-17(19-15)20-16(21)13-4-3-9-18-10-13/h3-11H,2H2,1H3,(H,19,20,21). The van der Waals surface area contributed by atoms with Crippen LogP contribution in [0.1, 0.15) is 17.3 Å². The highest BCUT2D eigenvalue weighted by molar-refractivity contribution is 7.14. The van der Waals surface area contributed by atoms with Gasteiger partial charge in [-0.05, 0) is 43.3 Å². The summed E-state index contributed by atoms with van der Waals surface area (Å²) in [5.74, 6) is 0.613. The van der Waals surface area contributed by atoms with Gasteiger partial charge in [-0.25, -0.2) is 4.98 Å². The molecular weight excluding hydrogens is 310 g/mol. The molecule has 116 valence electrons.